The number of hydrogen-bond acceptors (Lipinski definition) is 5. The molecule has 8 heteroatoms. The van der Waals surface area contributed by atoms with Gasteiger partial charge in [0.1, 0.15) is 24.2 Å². The lowest BCUT2D eigenvalue weighted by molar-refractivity contribution is -0.145. The van der Waals surface area contributed by atoms with Gasteiger partial charge in [-0.25, -0.2) is 13.8 Å². The Labute approximate surface area is 186 Å². The molecule has 0 bridgehead atoms. The van der Waals surface area contributed by atoms with Crippen molar-refractivity contribution in [3.63, 3.8) is 0 Å². The SMILES string of the molecule is C=C(C)CC(C)(N)COc1ccc(-c2ccnc(NC(=O)C3CC(F)(F)C3)c2)cc1C#N. The fourth-order valence-electron chi connectivity index (χ4n) is 3.66. The number of hydrogen-bond donors (Lipinski definition) is 2. The van der Waals surface area contributed by atoms with Crippen molar-refractivity contribution in [1.29, 1.82) is 5.26 Å². The number of nitriles is 1. The lowest BCUT2D eigenvalue weighted by atomic mass is 9.81. The van der Waals surface area contributed by atoms with E-state index in [2.05, 4.69) is 22.9 Å². The number of alkyl halides is 2. The van der Waals surface area contributed by atoms with Crippen LogP contribution in [0.5, 0.6) is 5.75 Å². The zero-order chi connectivity index (χ0) is 23.5. The summed E-state index contributed by atoms with van der Waals surface area (Å²) >= 11 is 0. The minimum Gasteiger partial charge on any atom is -0.490 e. The fraction of sp³-hybridized carbons (Fsp3) is 0.375. The van der Waals surface area contributed by atoms with Crippen molar-refractivity contribution in [3.8, 4) is 22.9 Å². The first-order valence-corrected chi connectivity index (χ1v) is 10.2. The Morgan fingerprint density at radius 1 is 1.38 bits per heavy atom. The molecule has 2 aromatic rings. The molecule has 1 heterocycles. The van der Waals surface area contributed by atoms with E-state index >= 15 is 0 Å². The van der Waals surface area contributed by atoms with Crippen molar-refractivity contribution >= 4 is 11.7 Å². The highest BCUT2D eigenvalue weighted by molar-refractivity contribution is 5.93. The van der Waals surface area contributed by atoms with Crippen molar-refractivity contribution in [2.45, 2.75) is 44.6 Å². The Kier molecular flexibility index (Phi) is 6.60. The minimum absolute atomic E-state index is 0.222. The van der Waals surface area contributed by atoms with Gasteiger partial charge in [0.05, 0.1) is 11.1 Å². The molecule has 3 N–H and O–H groups in total. The third-order valence-electron chi connectivity index (χ3n) is 5.17. The van der Waals surface area contributed by atoms with E-state index in [0.717, 1.165) is 11.1 Å². The summed E-state index contributed by atoms with van der Waals surface area (Å²) in [4.78, 5) is 16.2. The number of benzene rings is 1. The van der Waals surface area contributed by atoms with Gasteiger partial charge in [-0.15, -0.1) is 6.58 Å². The van der Waals surface area contributed by atoms with E-state index in [9.17, 15) is 18.8 Å². The maximum Gasteiger partial charge on any atom is 0.249 e. The maximum atomic E-state index is 13.0. The summed E-state index contributed by atoms with van der Waals surface area (Å²) in [7, 11) is 0. The molecule has 0 radical (unpaired) electrons. The van der Waals surface area contributed by atoms with E-state index in [1.165, 1.54) is 6.20 Å². The van der Waals surface area contributed by atoms with Gasteiger partial charge in [0.15, 0.2) is 0 Å². The zero-order valence-electron chi connectivity index (χ0n) is 18.1. The largest absolute Gasteiger partial charge is 0.490 e. The topological polar surface area (TPSA) is 101 Å². The first-order valence-electron chi connectivity index (χ1n) is 10.2. The molecule has 0 aliphatic heterocycles. The van der Waals surface area contributed by atoms with Crippen molar-refractivity contribution in [1.82, 2.24) is 4.98 Å². The standard InChI is InChI=1S/C24H26F2N4O2/c1-15(2)10-23(3,28)14-32-20-5-4-16(8-18(20)13-27)17-6-7-29-21(9-17)30-22(31)19-11-24(25,26)12-19/h4-9,19H,1,10-12,14,28H2,2-3H3,(H,29,30,31). The van der Waals surface area contributed by atoms with Gasteiger partial charge >= 0.3 is 0 Å². The van der Waals surface area contributed by atoms with Crippen molar-refractivity contribution in [2.75, 3.05) is 11.9 Å². The van der Waals surface area contributed by atoms with Gasteiger partial charge in [0.25, 0.3) is 0 Å². The molecule has 1 unspecified atom stereocenters. The van der Waals surface area contributed by atoms with E-state index in [1.54, 1.807) is 30.3 Å². The number of carbonyl (C=O) groups excluding carboxylic acids is 1. The molecular weight excluding hydrogens is 414 g/mol. The van der Waals surface area contributed by atoms with Crippen LogP contribution in [-0.4, -0.2) is 29.0 Å². The van der Waals surface area contributed by atoms with Crippen LogP contribution >= 0.6 is 0 Å². The third kappa shape index (κ3) is 5.89. The summed E-state index contributed by atoms with van der Waals surface area (Å²) in [5.41, 5.74) is 8.34. The highest BCUT2D eigenvalue weighted by Gasteiger charge is 2.48. The molecule has 1 amide bonds. The molecule has 32 heavy (non-hydrogen) atoms. The van der Waals surface area contributed by atoms with Crippen LogP contribution in [0.4, 0.5) is 14.6 Å². The number of amides is 1. The highest BCUT2D eigenvalue weighted by atomic mass is 19.3. The summed E-state index contributed by atoms with van der Waals surface area (Å²) in [6, 6.07) is 10.7. The molecule has 1 aromatic heterocycles. The molecule has 1 aliphatic carbocycles. The third-order valence-corrected chi connectivity index (χ3v) is 5.17. The first kappa shape index (κ1) is 23.4. The monoisotopic (exact) mass is 440 g/mol. The number of rotatable bonds is 8. The lowest BCUT2D eigenvalue weighted by Crippen LogP contribution is -2.42. The number of carbonyl (C=O) groups is 1. The smallest absolute Gasteiger partial charge is 0.249 e. The number of anilines is 1. The summed E-state index contributed by atoms with van der Waals surface area (Å²) in [5.74, 6) is -3.26. The van der Waals surface area contributed by atoms with E-state index in [1.807, 2.05) is 13.8 Å². The number of aromatic nitrogens is 1. The number of pyridine rings is 1. The van der Waals surface area contributed by atoms with Crippen LogP contribution in [0.2, 0.25) is 0 Å². The fourth-order valence-corrected chi connectivity index (χ4v) is 3.66. The minimum atomic E-state index is -2.76. The van der Waals surface area contributed by atoms with Crippen LogP contribution in [-0.2, 0) is 4.79 Å². The van der Waals surface area contributed by atoms with Gasteiger partial charge in [0, 0.05) is 25.0 Å². The van der Waals surface area contributed by atoms with Gasteiger partial charge < -0.3 is 15.8 Å². The molecule has 1 atom stereocenters. The van der Waals surface area contributed by atoms with Crippen LogP contribution in [0.1, 0.15) is 38.7 Å². The van der Waals surface area contributed by atoms with Crippen LogP contribution in [0.3, 0.4) is 0 Å². The number of halogens is 2. The zero-order valence-corrected chi connectivity index (χ0v) is 18.1. The quantitative estimate of drug-likeness (QED) is 0.581. The van der Waals surface area contributed by atoms with Gasteiger partial charge in [0.2, 0.25) is 11.8 Å². The number of nitrogens with two attached hydrogens (primary N) is 1. The van der Waals surface area contributed by atoms with E-state index in [0.29, 0.717) is 23.3 Å². The predicted octanol–water partition coefficient (Wildman–Crippen LogP) is 4.67. The average Bonchev–Trinajstić information content (AvgIpc) is 2.69. The molecule has 6 nitrogen and oxygen atoms in total. The first-order chi connectivity index (χ1) is 15.0. The average molecular weight is 440 g/mol. The van der Waals surface area contributed by atoms with E-state index in [4.69, 9.17) is 10.5 Å². The lowest BCUT2D eigenvalue weighted by Gasteiger charge is -2.33. The normalized spacial score (nSPS) is 16.9. The van der Waals surface area contributed by atoms with Crippen LogP contribution < -0.4 is 15.8 Å². The summed E-state index contributed by atoms with van der Waals surface area (Å²) in [6.07, 6.45) is 1.21. The summed E-state index contributed by atoms with van der Waals surface area (Å²) in [5, 5.41) is 12.2. The van der Waals surface area contributed by atoms with Gasteiger partial charge in [-0.3, -0.25) is 4.79 Å². The molecule has 1 aliphatic rings. The Morgan fingerprint density at radius 3 is 2.69 bits per heavy atom. The maximum absolute atomic E-state index is 13.0. The molecule has 0 spiro atoms. The number of ether oxygens (including phenoxy) is 1. The Hall–Kier alpha value is -3.31. The molecule has 3 rings (SSSR count). The van der Waals surface area contributed by atoms with Crippen LogP contribution in [0.25, 0.3) is 11.1 Å². The molecule has 1 fully saturated rings. The van der Waals surface area contributed by atoms with Gasteiger partial charge in [-0.1, -0.05) is 11.6 Å². The summed E-state index contributed by atoms with van der Waals surface area (Å²) in [6.45, 7) is 7.85. The molecule has 168 valence electrons. The van der Waals surface area contributed by atoms with Crippen LogP contribution in [0, 0.1) is 17.2 Å². The molecule has 1 saturated carbocycles. The van der Waals surface area contributed by atoms with Crippen molar-refractivity contribution in [3.05, 3.63) is 54.2 Å². The second kappa shape index (κ2) is 9.05. The van der Waals surface area contributed by atoms with Crippen LogP contribution in [0.15, 0.2) is 48.7 Å². The van der Waals surface area contributed by atoms with E-state index in [-0.39, 0.29) is 12.4 Å². The Bertz CT molecular complexity index is 1070. The second-order valence-electron chi connectivity index (χ2n) is 8.78. The van der Waals surface area contributed by atoms with Crippen molar-refractivity contribution in [2.24, 2.45) is 11.7 Å². The number of nitrogens with zero attached hydrogens (tertiary/aromatic N) is 2. The van der Waals surface area contributed by atoms with E-state index < -0.39 is 36.1 Å². The Balaban J connectivity index is 1.72. The van der Waals surface area contributed by atoms with Gasteiger partial charge in [-0.05, 0) is 55.7 Å². The molecule has 0 saturated heterocycles. The second-order valence-corrected chi connectivity index (χ2v) is 8.78. The number of nitrogens with one attached hydrogen (secondary N) is 1. The highest BCUT2D eigenvalue weighted by Crippen LogP contribution is 2.42. The molecular formula is C24H26F2N4O2. The Morgan fingerprint density at radius 2 is 2.06 bits per heavy atom. The predicted molar refractivity (Wildman–Crippen MR) is 118 cm³/mol. The van der Waals surface area contributed by atoms with Crippen molar-refractivity contribution < 1.29 is 18.3 Å². The summed E-state index contributed by atoms with van der Waals surface area (Å²) < 4.78 is 31.8. The van der Waals surface area contributed by atoms with Gasteiger partial charge in [-0.2, -0.15) is 5.26 Å². The molecule has 1 aromatic carbocycles.